The van der Waals surface area contributed by atoms with Gasteiger partial charge in [0, 0.05) is 18.1 Å². The maximum absolute atomic E-state index is 12.5. The Kier molecular flexibility index (Phi) is 4.31. The van der Waals surface area contributed by atoms with Gasteiger partial charge in [0.15, 0.2) is 5.03 Å². The highest BCUT2D eigenvalue weighted by atomic mass is 32.2. The fraction of sp³-hybridized carbons (Fsp3) is 0.111. The molecule has 0 aliphatic rings. The number of sulfone groups is 1. The summed E-state index contributed by atoms with van der Waals surface area (Å²) >= 11 is 0. The van der Waals surface area contributed by atoms with Gasteiger partial charge in [-0.25, -0.2) is 13.4 Å². The number of hydrogen-bond donors (Lipinski definition) is 0. The first kappa shape index (κ1) is 16.1. The maximum atomic E-state index is 12.5. The van der Waals surface area contributed by atoms with Crippen LogP contribution in [0.1, 0.15) is 0 Å². The van der Waals surface area contributed by atoms with Crippen LogP contribution < -0.4 is 4.90 Å². The molecular formula is C18H16N2O3S. The second-order valence-corrected chi connectivity index (χ2v) is 7.33. The summed E-state index contributed by atoms with van der Waals surface area (Å²) in [6, 6.07) is 19.3. The molecule has 1 heterocycles. The number of para-hydroxylation sites is 2. The molecule has 3 rings (SSSR count). The number of hydrogen-bond acceptors (Lipinski definition) is 4. The first-order valence-corrected chi connectivity index (χ1v) is 9.03. The van der Waals surface area contributed by atoms with Crippen molar-refractivity contribution in [2.24, 2.45) is 0 Å². The van der Waals surface area contributed by atoms with Crippen molar-refractivity contribution in [3.8, 4) is 0 Å². The molecule has 5 nitrogen and oxygen atoms in total. The second-order valence-electron chi connectivity index (χ2n) is 5.39. The van der Waals surface area contributed by atoms with Gasteiger partial charge in [-0.1, -0.05) is 36.4 Å². The lowest BCUT2D eigenvalue weighted by atomic mass is 10.2. The largest absolute Gasteiger partial charge is 0.315 e. The average molecular weight is 340 g/mol. The first-order valence-electron chi connectivity index (χ1n) is 7.37. The molecule has 0 spiro atoms. The molecule has 0 atom stereocenters. The second kappa shape index (κ2) is 6.41. The Balaban J connectivity index is 1.85. The van der Waals surface area contributed by atoms with Gasteiger partial charge in [-0.05, 0) is 30.3 Å². The highest BCUT2D eigenvalue weighted by Gasteiger charge is 2.24. The monoisotopic (exact) mass is 340 g/mol. The molecule has 0 unspecified atom stereocenters. The number of anilines is 1. The van der Waals surface area contributed by atoms with Crippen molar-refractivity contribution in [3.05, 3.63) is 66.7 Å². The van der Waals surface area contributed by atoms with Crippen LogP contribution in [0.2, 0.25) is 0 Å². The third-order valence-corrected chi connectivity index (χ3v) is 5.21. The van der Waals surface area contributed by atoms with Gasteiger partial charge in [0.05, 0.1) is 5.52 Å². The van der Waals surface area contributed by atoms with Gasteiger partial charge in [-0.15, -0.1) is 0 Å². The molecule has 0 aliphatic carbocycles. The molecule has 0 bridgehead atoms. The van der Waals surface area contributed by atoms with Crippen molar-refractivity contribution in [2.75, 3.05) is 17.7 Å². The summed E-state index contributed by atoms with van der Waals surface area (Å²) < 4.78 is 25.0. The third kappa shape index (κ3) is 3.28. The van der Waals surface area contributed by atoms with Crippen LogP contribution in [0.3, 0.4) is 0 Å². The van der Waals surface area contributed by atoms with Gasteiger partial charge in [-0.3, -0.25) is 4.79 Å². The van der Waals surface area contributed by atoms with Gasteiger partial charge in [0.1, 0.15) is 5.75 Å². The summed E-state index contributed by atoms with van der Waals surface area (Å²) in [5.74, 6) is -1.12. The van der Waals surface area contributed by atoms with Crippen LogP contribution in [-0.4, -0.2) is 32.1 Å². The maximum Gasteiger partial charge on any atom is 0.242 e. The molecular weight excluding hydrogens is 324 g/mol. The van der Waals surface area contributed by atoms with E-state index in [0.29, 0.717) is 11.2 Å². The number of carbonyl (C=O) groups excluding carboxylic acids is 1. The zero-order valence-electron chi connectivity index (χ0n) is 13.1. The highest BCUT2D eigenvalue weighted by molar-refractivity contribution is 7.92. The Morgan fingerprint density at radius 2 is 1.62 bits per heavy atom. The van der Waals surface area contributed by atoms with Crippen molar-refractivity contribution in [1.82, 2.24) is 4.98 Å². The Hall–Kier alpha value is -2.73. The Bertz CT molecular complexity index is 985. The van der Waals surface area contributed by atoms with E-state index in [2.05, 4.69) is 4.98 Å². The number of amides is 1. The van der Waals surface area contributed by atoms with Gasteiger partial charge >= 0.3 is 0 Å². The molecule has 0 fully saturated rings. The Morgan fingerprint density at radius 1 is 0.958 bits per heavy atom. The molecule has 0 N–H and O–H groups in total. The summed E-state index contributed by atoms with van der Waals surface area (Å²) in [5.41, 5.74) is 1.23. The van der Waals surface area contributed by atoms with Gasteiger partial charge in [0.25, 0.3) is 0 Å². The zero-order valence-corrected chi connectivity index (χ0v) is 13.9. The molecule has 2 aromatic carbocycles. The van der Waals surface area contributed by atoms with Crippen molar-refractivity contribution in [1.29, 1.82) is 0 Å². The van der Waals surface area contributed by atoms with E-state index in [1.54, 1.807) is 49.5 Å². The first-order chi connectivity index (χ1) is 11.5. The number of rotatable bonds is 4. The van der Waals surface area contributed by atoms with E-state index in [1.165, 1.54) is 11.0 Å². The molecule has 3 aromatic rings. The van der Waals surface area contributed by atoms with Crippen molar-refractivity contribution < 1.29 is 13.2 Å². The van der Waals surface area contributed by atoms with Crippen LogP contribution in [-0.2, 0) is 14.6 Å². The molecule has 1 amide bonds. The Labute approximate surface area is 140 Å². The number of aromatic nitrogens is 1. The van der Waals surface area contributed by atoms with E-state index in [4.69, 9.17) is 0 Å². The van der Waals surface area contributed by atoms with Crippen LogP contribution in [0, 0.1) is 0 Å². The number of fused-ring (bicyclic) bond motifs is 1. The van der Waals surface area contributed by atoms with Crippen LogP contribution in [0.5, 0.6) is 0 Å². The smallest absolute Gasteiger partial charge is 0.242 e. The number of benzene rings is 2. The van der Waals surface area contributed by atoms with Crippen molar-refractivity contribution in [3.63, 3.8) is 0 Å². The molecule has 0 radical (unpaired) electrons. The van der Waals surface area contributed by atoms with E-state index in [-0.39, 0.29) is 5.03 Å². The van der Waals surface area contributed by atoms with Crippen LogP contribution in [0.15, 0.2) is 71.8 Å². The fourth-order valence-electron chi connectivity index (χ4n) is 2.35. The summed E-state index contributed by atoms with van der Waals surface area (Å²) in [4.78, 5) is 17.8. The van der Waals surface area contributed by atoms with E-state index in [9.17, 15) is 13.2 Å². The standard InChI is InChI=1S/C18H16N2O3S/c1-20(15-8-3-2-4-9-15)18(21)13-24(22,23)17-12-11-14-7-5-6-10-16(14)19-17/h2-12H,13H2,1H3. The lowest BCUT2D eigenvalue weighted by Crippen LogP contribution is -2.32. The van der Waals surface area contributed by atoms with E-state index >= 15 is 0 Å². The molecule has 1 aromatic heterocycles. The average Bonchev–Trinajstić information content (AvgIpc) is 2.61. The Morgan fingerprint density at radius 3 is 2.38 bits per heavy atom. The highest BCUT2D eigenvalue weighted by Crippen LogP contribution is 2.17. The molecule has 24 heavy (non-hydrogen) atoms. The lowest BCUT2D eigenvalue weighted by molar-refractivity contribution is -0.115. The zero-order chi connectivity index (χ0) is 17.2. The normalized spacial score (nSPS) is 11.4. The molecule has 0 saturated heterocycles. The minimum atomic E-state index is -3.81. The molecule has 0 saturated carbocycles. The predicted octanol–water partition coefficient (Wildman–Crippen LogP) is 2.67. The minimum Gasteiger partial charge on any atom is -0.315 e. The van der Waals surface area contributed by atoms with Gasteiger partial charge in [-0.2, -0.15) is 0 Å². The van der Waals surface area contributed by atoms with Crippen LogP contribution in [0.25, 0.3) is 10.9 Å². The summed E-state index contributed by atoms with van der Waals surface area (Å²) in [7, 11) is -2.25. The topological polar surface area (TPSA) is 67.3 Å². The summed E-state index contributed by atoms with van der Waals surface area (Å²) in [6.45, 7) is 0. The summed E-state index contributed by atoms with van der Waals surface area (Å²) in [5, 5.41) is 0.764. The molecule has 0 aliphatic heterocycles. The number of pyridine rings is 1. The fourth-order valence-corrected chi connectivity index (χ4v) is 3.53. The minimum absolute atomic E-state index is 0.0870. The van der Waals surface area contributed by atoms with Gasteiger partial charge in [0.2, 0.25) is 15.7 Å². The quantitative estimate of drug-likeness (QED) is 0.732. The van der Waals surface area contributed by atoms with Crippen LogP contribution >= 0.6 is 0 Å². The lowest BCUT2D eigenvalue weighted by Gasteiger charge is -2.17. The number of carbonyl (C=O) groups is 1. The predicted molar refractivity (Wildman–Crippen MR) is 93.6 cm³/mol. The van der Waals surface area contributed by atoms with Gasteiger partial charge < -0.3 is 4.90 Å². The van der Waals surface area contributed by atoms with Crippen molar-refractivity contribution in [2.45, 2.75) is 5.03 Å². The van der Waals surface area contributed by atoms with E-state index in [1.807, 2.05) is 18.2 Å². The molecule has 6 heteroatoms. The van der Waals surface area contributed by atoms with E-state index in [0.717, 1.165) is 5.39 Å². The number of nitrogens with zero attached hydrogens (tertiary/aromatic N) is 2. The van der Waals surface area contributed by atoms with Crippen LogP contribution in [0.4, 0.5) is 5.69 Å². The molecule has 122 valence electrons. The summed E-state index contributed by atoms with van der Waals surface area (Å²) in [6.07, 6.45) is 0. The van der Waals surface area contributed by atoms with Crippen molar-refractivity contribution >= 4 is 32.3 Å². The third-order valence-electron chi connectivity index (χ3n) is 3.72. The SMILES string of the molecule is CN(C(=O)CS(=O)(=O)c1ccc2ccccc2n1)c1ccccc1. The van der Waals surface area contributed by atoms with E-state index < -0.39 is 21.5 Å².